The first-order valence-corrected chi connectivity index (χ1v) is 10.1. The molecule has 29 heavy (non-hydrogen) atoms. The summed E-state index contributed by atoms with van der Waals surface area (Å²) < 4.78 is 1.60. The molecule has 1 saturated heterocycles. The summed E-state index contributed by atoms with van der Waals surface area (Å²) in [5.41, 5.74) is 1.95. The Bertz CT molecular complexity index is 714. The second-order valence-corrected chi connectivity index (χ2v) is 7.44. The number of anilines is 1. The summed E-state index contributed by atoms with van der Waals surface area (Å²) in [6.07, 6.45) is 2.26. The van der Waals surface area contributed by atoms with E-state index in [0.717, 1.165) is 43.6 Å². The fourth-order valence-electron chi connectivity index (χ4n) is 3.67. The van der Waals surface area contributed by atoms with Crippen LogP contribution in [-0.4, -0.2) is 96.1 Å². The minimum absolute atomic E-state index is 0.235. The molecule has 0 saturated carbocycles. The molecule has 160 valence electrons. The number of hydrogen-bond acceptors (Lipinski definition) is 9. The Kier molecular flexibility index (Phi) is 7.90. The molecule has 0 spiro atoms. The van der Waals surface area contributed by atoms with Gasteiger partial charge in [0.25, 0.3) is 0 Å². The third kappa shape index (κ3) is 5.71. The molecule has 1 aliphatic rings. The van der Waals surface area contributed by atoms with Crippen molar-refractivity contribution in [2.24, 2.45) is 0 Å². The smallest absolute Gasteiger partial charge is 0.143 e. The fourth-order valence-corrected chi connectivity index (χ4v) is 3.67. The molecule has 1 aliphatic heterocycles. The van der Waals surface area contributed by atoms with Crippen LogP contribution in [0.1, 0.15) is 25.7 Å². The number of β-amino-alcohol motifs (C(OH)–C–C–N with tert-alkyl or cyclic N) is 1. The normalized spacial score (nSPS) is 25.2. The average molecular weight is 406 g/mol. The van der Waals surface area contributed by atoms with Gasteiger partial charge in [0.2, 0.25) is 0 Å². The van der Waals surface area contributed by atoms with Gasteiger partial charge in [0, 0.05) is 18.8 Å². The molecule has 0 aliphatic carbocycles. The molecule has 0 amide bonds. The fraction of sp³-hybridized carbons (Fsp3) is 0.632. The Balaban J connectivity index is 1.30. The van der Waals surface area contributed by atoms with Gasteiger partial charge in [-0.1, -0.05) is 12.8 Å². The summed E-state index contributed by atoms with van der Waals surface area (Å²) in [6.45, 7) is 1.58. The van der Waals surface area contributed by atoms with E-state index in [9.17, 15) is 20.4 Å². The number of aromatic nitrogens is 4. The van der Waals surface area contributed by atoms with Crippen molar-refractivity contribution in [3.8, 4) is 5.69 Å². The van der Waals surface area contributed by atoms with Gasteiger partial charge < -0.3 is 25.7 Å². The number of piperidine rings is 1. The van der Waals surface area contributed by atoms with E-state index in [1.54, 1.807) is 11.0 Å². The molecule has 1 fully saturated rings. The van der Waals surface area contributed by atoms with Gasteiger partial charge in [0.1, 0.15) is 18.5 Å². The van der Waals surface area contributed by atoms with Crippen LogP contribution < -0.4 is 5.32 Å². The highest BCUT2D eigenvalue weighted by atomic mass is 16.4. The minimum atomic E-state index is -1.20. The van der Waals surface area contributed by atoms with Crippen LogP contribution in [-0.2, 0) is 0 Å². The van der Waals surface area contributed by atoms with Crippen LogP contribution in [0.2, 0.25) is 0 Å². The van der Waals surface area contributed by atoms with E-state index >= 15 is 0 Å². The Labute approximate surface area is 169 Å². The van der Waals surface area contributed by atoms with Crippen molar-refractivity contribution >= 4 is 5.69 Å². The van der Waals surface area contributed by atoms with Crippen LogP contribution in [0, 0.1) is 0 Å². The van der Waals surface area contributed by atoms with Crippen LogP contribution in [0.5, 0.6) is 0 Å². The van der Waals surface area contributed by atoms with Gasteiger partial charge in [-0.15, -0.1) is 5.10 Å². The number of nitrogens with one attached hydrogen (secondary N) is 1. The molecule has 4 atom stereocenters. The second-order valence-electron chi connectivity index (χ2n) is 7.44. The summed E-state index contributed by atoms with van der Waals surface area (Å²) >= 11 is 0. The molecule has 1 aromatic carbocycles. The van der Waals surface area contributed by atoms with E-state index < -0.39 is 24.4 Å². The highest BCUT2D eigenvalue weighted by Crippen LogP contribution is 2.20. The lowest BCUT2D eigenvalue weighted by Crippen LogP contribution is -2.62. The van der Waals surface area contributed by atoms with Gasteiger partial charge in [0.15, 0.2) is 0 Å². The lowest BCUT2D eigenvalue weighted by molar-refractivity contribution is -0.145. The summed E-state index contributed by atoms with van der Waals surface area (Å²) in [5.74, 6) is 0. The molecular weight excluding hydrogens is 376 g/mol. The van der Waals surface area contributed by atoms with Crippen molar-refractivity contribution in [3.05, 3.63) is 30.6 Å². The van der Waals surface area contributed by atoms with E-state index in [1.165, 1.54) is 0 Å². The highest BCUT2D eigenvalue weighted by Gasteiger charge is 2.40. The van der Waals surface area contributed by atoms with Gasteiger partial charge >= 0.3 is 0 Å². The Morgan fingerprint density at radius 2 is 1.76 bits per heavy atom. The first-order chi connectivity index (χ1) is 14.1. The van der Waals surface area contributed by atoms with Crippen molar-refractivity contribution in [2.45, 2.75) is 50.0 Å². The number of benzene rings is 1. The number of rotatable bonds is 10. The van der Waals surface area contributed by atoms with Crippen LogP contribution >= 0.6 is 0 Å². The van der Waals surface area contributed by atoms with Gasteiger partial charge in [-0.3, -0.25) is 4.90 Å². The monoisotopic (exact) mass is 406 g/mol. The van der Waals surface area contributed by atoms with Crippen LogP contribution in [0.4, 0.5) is 5.69 Å². The molecule has 5 N–H and O–H groups in total. The zero-order chi connectivity index (χ0) is 20.6. The molecule has 10 heteroatoms. The molecular formula is C19H30N6O4. The topological polar surface area (TPSA) is 140 Å². The Morgan fingerprint density at radius 3 is 2.45 bits per heavy atom. The summed E-state index contributed by atoms with van der Waals surface area (Å²) in [5, 5.41) is 53.5. The van der Waals surface area contributed by atoms with E-state index in [2.05, 4.69) is 20.8 Å². The molecule has 10 nitrogen and oxygen atoms in total. The lowest BCUT2D eigenvalue weighted by Gasteiger charge is -2.43. The van der Waals surface area contributed by atoms with Crippen molar-refractivity contribution in [3.63, 3.8) is 0 Å². The Morgan fingerprint density at radius 1 is 1.00 bits per heavy atom. The van der Waals surface area contributed by atoms with E-state index in [-0.39, 0.29) is 13.2 Å². The van der Waals surface area contributed by atoms with E-state index in [0.29, 0.717) is 6.54 Å². The van der Waals surface area contributed by atoms with Gasteiger partial charge in [-0.2, -0.15) is 0 Å². The van der Waals surface area contributed by atoms with E-state index in [4.69, 9.17) is 0 Å². The SMILES string of the molecule is OC[C@@H]1[C@@H](O)[C@H](O)[C@@H](O)CN1CCCCCCNc1ccc(-n2cnnn2)cc1. The van der Waals surface area contributed by atoms with E-state index in [1.807, 2.05) is 29.2 Å². The maximum atomic E-state index is 10.00. The number of hydrogen-bond donors (Lipinski definition) is 5. The summed E-state index contributed by atoms with van der Waals surface area (Å²) in [7, 11) is 0. The predicted octanol–water partition coefficient (Wildman–Crippen LogP) is -0.606. The zero-order valence-corrected chi connectivity index (χ0v) is 16.4. The molecule has 0 unspecified atom stereocenters. The van der Waals surface area contributed by atoms with Gasteiger partial charge in [-0.05, 0) is 54.1 Å². The zero-order valence-electron chi connectivity index (χ0n) is 16.4. The van der Waals surface area contributed by atoms with Crippen LogP contribution in [0.15, 0.2) is 30.6 Å². The Hall–Kier alpha value is -2.11. The lowest BCUT2D eigenvalue weighted by atomic mass is 9.94. The standard InChI is InChI=1S/C19H30N6O4/c26-12-16-18(28)19(29)17(27)11-24(16)10-4-2-1-3-9-20-14-5-7-15(8-6-14)25-13-21-22-23-25/h5-8,13,16-20,26-29H,1-4,9-12H2/t16-,17+,18-,19-/m1/s1. The quantitative estimate of drug-likeness (QED) is 0.327. The predicted molar refractivity (Wildman–Crippen MR) is 107 cm³/mol. The number of tetrazole rings is 1. The van der Waals surface area contributed by atoms with Crippen LogP contribution in [0.25, 0.3) is 5.69 Å². The highest BCUT2D eigenvalue weighted by molar-refractivity contribution is 5.48. The number of likely N-dealkylation sites (tertiary alicyclic amines) is 1. The minimum Gasteiger partial charge on any atom is -0.395 e. The number of nitrogens with zero attached hydrogens (tertiary/aromatic N) is 5. The third-order valence-electron chi connectivity index (χ3n) is 5.40. The maximum Gasteiger partial charge on any atom is 0.143 e. The average Bonchev–Trinajstić information content (AvgIpc) is 3.27. The molecule has 3 rings (SSSR count). The number of aliphatic hydroxyl groups is 4. The van der Waals surface area contributed by atoms with Crippen LogP contribution in [0.3, 0.4) is 0 Å². The van der Waals surface area contributed by atoms with Crippen molar-refractivity contribution in [2.75, 3.05) is 31.6 Å². The molecule has 2 heterocycles. The number of unbranched alkanes of at least 4 members (excludes halogenated alkanes) is 3. The largest absolute Gasteiger partial charge is 0.395 e. The molecule has 2 aromatic rings. The van der Waals surface area contributed by atoms with Gasteiger partial charge in [-0.25, -0.2) is 4.68 Å². The third-order valence-corrected chi connectivity index (χ3v) is 5.40. The summed E-state index contributed by atoms with van der Waals surface area (Å²) in [4.78, 5) is 1.87. The van der Waals surface area contributed by atoms with Crippen molar-refractivity contribution in [1.29, 1.82) is 0 Å². The molecule has 0 bridgehead atoms. The number of aliphatic hydroxyl groups excluding tert-OH is 4. The first-order valence-electron chi connectivity index (χ1n) is 10.1. The van der Waals surface area contributed by atoms with Gasteiger partial charge in [0.05, 0.1) is 24.4 Å². The van der Waals surface area contributed by atoms with Crippen molar-refractivity contribution < 1.29 is 20.4 Å². The first kappa shape index (κ1) is 21.6. The van der Waals surface area contributed by atoms with Crippen molar-refractivity contribution in [1.82, 2.24) is 25.1 Å². The maximum absolute atomic E-state index is 10.00. The second kappa shape index (κ2) is 10.6. The molecule has 0 radical (unpaired) electrons. The molecule has 1 aromatic heterocycles. The summed E-state index contributed by atoms with van der Waals surface area (Å²) in [6, 6.07) is 7.37.